The van der Waals surface area contributed by atoms with Crippen molar-refractivity contribution in [1.82, 2.24) is 20.9 Å². The van der Waals surface area contributed by atoms with Crippen LogP contribution in [0.5, 0.6) is 0 Å². The Hall–Kier alpha value is -2.48. The summed E-state index contributed by atoms with van der Waals surface area (Å²) in [4.78, 5) is 21.7. The van der Waals surface area contributed by atoms with E-state index < -0.39 is 0 Å². The zero-order valence-electron chi connectivity index (χ0n) is 15.2. The van der Waals surface area contributed by atoms with Crippen molar-refractivity contribution in [3.8, 4) is 0 Å². The molecule has 8 heteroatoms. The molecule has 0 saturated heterocycles. The molecular formula is C18H24FN5OS. The van der Waals surface area contributed by atoms with Crippen LogP contribution in [0.15, 0.2) is 29.4 Å². The second kappa shape index (κ2) is 9.86. The summed E-state index contributed by atoms with van der Waals surface area (Å²) >= 11 is 1.69. The molecule has 2 rings (SSSR count). The Morgan fingerprint density at radius 2 is 1.92 bits per heavy atom. The molecule has 26 heavy (non-hydrogen) atoms. The molecule has 0 bridgehead atoms. The average molecular weight is 377 g/mol. The van der Waals surface area contributed by atoms with Crippen LogP contribution in [0.4, 0.5) is 4.39 Å². The second-order valence-electron chi connectivity index (χ2n) is 5.76. The molecule has 1 heterocycles. The standard InChI is InChI=1S/C18H24FN5OS/c1-12-4-5-14(10-15(12)19)17(25)21-8-9-23-18(20-3)22-7-6-16-24-11-13(2)26-16/h4-5,10-11H,6-9H2,1-3H3,(H,21,25)(H2,20,22,23). The summed E-state index contributed by atoms with van der Waals surface area (Å²) in [6.45, 7) is 5.34. The molecule has 0 unspecified atom stereocenters. The molecule has 1 aromatic carbocycles. The number of nitrogens with one attached hydrogen (secondary N) is 3. The lowest BCUT2D eigenvalue weighted by Crippen LogP contribution is -2.42. The molecule has 2 aromatic rings. The zero-order chi connectivity index (χ0) is 18.9. The summed E-state index contributed by atoms with van der Waals surface area (Å²) < 4.78 is 13.5. The SMILES string of the molecule is CN=C(NCCNC(=O)c1ccc(C)c(F)c1)NCCc1ncc(C)s1. The highest BCUT2D eigenvalue weighted by Gasteiger charge is 2.07. The first-order chi connectivity index (χ1) is 12.5. The number of rotatable bonds is 7. The monoisotopic (exact) mass is 377 g/mol. The minimum atomic E-state index is -0.379. The van der Waals surface area contributed by atoms with Crippen LogP contribution in [0.2, 0.25) is 0 Å². The van der Waals surface area contributed by atoms with E-state index >= 15 is 0 Å². The van der Waals surface area contributed by atoms with Gasteiger partial charge in [-0.05, 0) is 31.5 Å². The molecule has 0 fully saturated rings. The van der Waals surface area contributed by atoms with E-state index in [1.807, 2.05) is 13.1 Å². The fourth-order valence-corrected chi connectivity index (χ4v) is 3.01. The van der Waals surface area contributed by atoms with Crippen molar-refractivity contribution in [2.75, 3.05) is 26.7 Å². The highest BCUT2D eigenvalue weighted by molar-refractivity contribution is 7.11. The number of nitrogens with zero attached hydrogens (tertiary/aromatic N) is 2. The minimum absolute atomic E-state index is 0.298. The van der Waals surface area contributed by atoms with Crippen molar-refractivity contribution in [1.29, 1.82) is 0 Å². The number of halogens is 1. The Labute approximate surface area is 157 Å². The Morgan fingerprint density at radius 3 is 2.58 bits per heavy atom. The summed E-state index contributed by atoms with van der Waals surface area (Å²) in [5, 5.41) is 10.2. The van der Waals surface area contributed by atoms with Gasteiger partial charge in [-0.15, -0.1) is 11.3 Å². The molecular weight excluding hydrogens is 353 g/mol. The van der Waals surface area contributed by atoms with E-state index in [9.17, 15) is 9.18 Å². The van der Waals surface area contributed by atoms with E-state index in [1.165, 1.54) is 10.9 Å². The highest BCUT2D eigenvalue weighted by atomic mass is 32.1. The van der Waals surface area contributed by atoms with E-state index in [0.29, 0.717) is 30.2 Å². The van der Waals surface area contributed by atoms with Gasteiger partial charge < -0.3 is 16.0 Å². The molecule has 3 N–H and O–H groups in total. The summed E-state index contributed by atoms with van der Waals surface area (Å²) in [6, 6.07) is 4.46. The van der Waals surface area contributed by atoms with Crippen LogP contribution in [-0.2, 0) is 6.42 Å². The van der Waals surface area contributed by atoms with E-state index in [4.69, 9.17) is 0 Å². The topological polar surface area (TPSA) is 78.4 Å². The second-order valence-corrected chi connectivity index (χ2v) is 7.08. The van der Waals surface area contributed by atoms with E-state index in [-0.39, 0.29) is 11.7 Å². The lowest BCUT2D eigenvalue weighted by molar-refractivity contribution is 0.0954. The van der Waals surface area contributed by atoms with E-state index in [0.717, 1.165) is 18.0 Å². The van der Waals surface area contributed by atoms with Gasteiger partial charge in [0.1, 0.15) is 5.82 Å². The number of benzene rings is 1. The average Bonchev–Trinajstić information content (AvgIpc) is 3.04. The third kappa shape index (κ3) is 6.11. The number of thiazole rings is 1. The number of guanidine groups is 1. The fourth-order valence-electron chi connectivity index (χ4n) is 2.22. The number of aryl methyl sites for hydroxylation is 2. The Morgan fingerprint density at radius 1 is 1.19 bits per heavy atom. The molecule has 0 radical (unpaired) electrons. The molecule has 0 aliphatic carbocycles. The first kappa shape index (κ1) is 19.8. The van der Waals surface area contributed by atoms with Gasteiger partial charge in [0.2, 0.25) is 0 Å². The first-order valence-corrected chi connectivity index (χ1v) is 9.21. The van der Waals surface area contributed by atoms with Gasteiger partial charge in [-0.25, -0.2) is 9.37 Å². The van der Waals surface area contributed by atoms with Crippen molar-refractivity contribution in [2.24, 2.45) is 4.99 Å². The molecule has 1 aromatic heterocycles. The molecule has 0 saturated carbocycles. The Kier molecular flexibility index (Phi) is 7.53. The van der Waals surface area contributed by atoms with Crippen LogP contribution >= 0.6 is 11.3 Å². The van der Waals surface area contributed by atoms with Crippen molar-refractivity contribution >= 4 is 23.2 Å². The number of aromatic nitrogens is 1. The Balaban J connectivity index is 1.66. The number of carbonyl (C=O) groups excluding carboxylic acids is 1. The number of hydrogen-bond donors (Lipinski definition) is 3. The van der Waals surface area contributed by atoms with E-state index in [1.54, 1.807) is 37.4 Å². The van der Waals surface area contributed by atoms with Gasteiger partial charge >= 0.3 is 0 Å². The van der Waals surface area contributed by atoms with Crippen LogP contribution < -0.4 is 16.0 Å². The lowest BCUT2D eigenvalue weighted by Gasteiger charge is -2.12. The molecule has 1 amide bonds. The van der Waals surface area contributed by atoms with Crippen molar-refractivity contribution in [2.45, 2.75) is 20.3 Å². The summed E-state index contributed by atoms with van der Waals surface area (Å²) in [6.07, 6.45) is 2.70. The lowest BCUT2D eigenvalue weighted by atomic mass is 10.1. The minimum Gasteiger partial charge on any atom is -0.356 e. The van der Waals surface area contributed by atoms with Gasteiger partial charge in [0.05, 0.1) is 5.01 Å². The van der Waals surface area contributed by atoms with Gasteiger partial charge in [0.15, 0.2) is 5.96 Å². The van der Waals surface area contributed by atoms with Crippen LogP contribution in [0.3, 0.4) is 0 Å². The van der Waals surface area contributed by atoms with Crippen LogP contribution in [0.25, 0.3) is 0 Å². The molecule has 140 valence electrons. The largest absolute Gasteiger partial charge is 0.356 e. The maximum absolute atomic E-state index is 13.5. The number of amides is 1. The van der Waals surface area contributed by atoms with Gasteiger partial charge in [0, 0.05) is 49.7 Å². The predicted molar refractivity (Wildman–Crippen MR) is 103 cm³/mol. The maximum atomic E-state index is 13.5. The van der Waals surface area contributed by atoms with Gasteiger partial charge in [-0.2, -0.15) is 0 Å². The zero-order valence-corrected chi connectivity index (χ0v) is 16.0. The third-order valence-corrected chi connectivity index (χ3v) is 4.63. The third-order valence-electron chi connectivity index (χ3n) is 3.66. The Bertz CT molecular complexity index is 775. The molecule has 0 spiro atoms. The maximum Gasteiger partial charge on any atom is 0.251 e. The van der Waals surface area contributed by atoms with Gasteiger partial charge in [-0.3, -0.25) is 9.79 Å². The molecule has 6 nitrogen and oxygen atoms in total. The smallest absolute Gasteiger partial charge is 0.251 e. The summed E-state index contributed by atoms with van der Waals surface area (Å²) in [5.41, 5.74) is 0.834. The predicted octanol–water partition coefficient (Wildman–Crippen LogP) is 2.04. The van der Waals surface area contributed by atoms with E-state index in [2.05, 4.69) is 25.9 Å². The molecule has 0 aliphatic rings. The van der Waals surface area contributed by atoms with Crippen molar-refractivity contribution < 1.29 is 9.18 Å². The normalized spacial score (nSPS) is 11.3. The first-order valence-electron chi connectivity index (χ1n) is 8.39. The highest BCUT2D eigenvalue weighted by Crippen LogP contribution is 2.11. The van der Waals surface area contributed by atoms with Crippen LogP contribution in [-0.4, -0.2) is 43.5 Å². The number of hydrogen-bond acceptors (Lipinski definition) is 4. The van der Waals surface area contributed by atoms with Crippen molar-refractivity contribution in [3.63, 3.8) is 0 Å². The van der Waals surface area contributed by atoms with Crippen LogP contribution in [0, 0.1) is 19.7 Å². The molecule has 0 atom stereocenters. The number of carbonyl (C=O) groups is 1. The summed E-state index contributed by atoms with van der Waals surface area (Å²) in [5.74, 6) is -0.0162. The summed E-state index contributed by atoms with van der Waals surface area (Å²) in [7, 11) is 1.69. The van der Waals surface area contributed by atoms with Crippen LogP contribution in [0.1, 0.15) is 25.8 Å². The quantitative estimate of drug-likeness (QED) is 0.392. The van der Waals surface area contributed by atoms with Crippen molar-refractivity contribution in [3.05, 3.63) is 51.2 Å². The van der Waals surface area contributed by atoms with Gasteiger partial charge in [0.25, 0.3) is 5.91 Å². The van der Waals surface area contributed by atoms with Gasteiger partial charge in [-0.1, -0.05) is 6.07 Å². The molecule has 0 aliphatic heterocycles. The fraction of sp³-hybridized carbons (Fsp3) is 0.389. The number of aliphatic imine (C=N–C) groups is 1.